The number of aryl methyl sites for hydroxylation is 1. The van der Waals surface area contributed by atoms with Crippen LogP contribution in [0.3, 0.4) is 0 Å². The standard InChI is InChI=1S/C10H10N2O/c1-2-7-3-8-5-11-12-6-9(8)4-10(7)13/h3-6,13H,2H2,1H3. The third kappa shape index (κ3) is 1.33. The van der Waals surface area contributed by atoms with E-state index in [9.17, 15) is 5.11 Å². The molecule has 0 amide bonds. The van der Waals surface area contributed by atoms with Crippen LogP contribution in [-0.4, -0.2) is 15.3 Å². The predicted molar refractivity (Wildman–Crippen MR) is 50.6 cm³/mol. The first-order valence-electron chi connectivity index (χ1n) is 4.23. The molecule has 0 spiro atoms. The molecule has 0 aliphatic rings. The maximum Gasteiger partial charge on any atom is 0.119 e. The molecule has 3 nitrogen and oxygen atoms in total. The number of nitrogens with zero attached hydrogens (tertiary/aromatic N) is 2. The molecule has 0 aliphatic carbocycles. The number of phenolic OH excluding ortho intramolecular Hbond substituents is 1. The Hall–Kier alpha value is -1.64. The molecule has 0 radical (unpaired) electrons. The van der Waals surface area contributed by atoms with E-state index in [1.165, 1.54) is 0 Å². The van der Waals surface area contributed by atoms with Crippen molar-refractivity contribution in [3.63, 3.8) is 0 Å². The fraction of sp³-hybridized carbons (Fsp3) is 0.200. The minimum atomic E-state index is 0.336. The van der Waals surface area contributed by atoms with Gasteiger partial charge in [-0.2, -0.15) is 10.2 Å². The van der Waals surface area contributed by atoms with Crippen LogP contribution in [0, 0.1) is 0 Å². The van der Waals surface area contributed by atoms with Crippen molar-refractivity contribution in [1.82, 2.24) is 10.2 Å². The van der Waals surface area contributed by atoms with Gasteiger partial charge in [-0.05, 0) is 24.1 Å². The molecule has 1 aromatic heterocycles. The maximum absolute atomic E-state index is 9.56. The smallest absolute Gasteiger partial charge is 0.119 e. The highest BCUT2D eigenvalue weighted by Crippen LogP contribution is 2.23. The highest BCUT2D eigenvalue weighted by atomic mass is 16.3. The third-order valence-corrected chi connectivity index (χ3v) is 2.13. The van der Waals surface area contributed by atoms with Crippen molar-refractivity contribution in [2.75, 3.05) is 0 Å². The summed E-state index contributed by atoms with van der Waals surface area (Å²) >= 11 is 0. The summed E-state index contributed by atoms with van der Waals surface area (Å²) in [7, 11) is 0. The van der Waals surface area contributed by atoms with Crippen molar-refractivity contribution in [1.29, 1.82) is 0 Å². The maximum atomic E-state index is 9.56. The zero-order valence-corrected chi connectivity index (χ0v) is 7.36. The van der Waals surface area contributed by atoms with Gasteiger partial charge in [-0.3, -0.25) is 0 Å². The Bertz CT molecular complexity index is 440. The summed E-state index contributed by atoms with van der Waals surface area (Å²) in [6.07, 6.45) is 4.17. The Balaban J connectivity index is 2.74. The number of fused-ring (bicyclic) bond motifs is 1. The Labute approximate surface area is 76.0 Å². The number of phenols is 1. The molecular weight excluding hydrogens is 164 g/mol. The number of aromatic hydroxyl groups is 1. The van der Waals surface area contributed by atoms with Gasteiger partial charge in [0.1, 0.15) is 5.75 Å². The molecule has 0 saturated heterocycles. The summed E-state index contributed by atoms with van der Waals surface area (Å²) in [5, 5.41) is 19.0. The Morgan fingerprint density at radius 1 is 1.15 bits per heavy atom. The number of aromatic nitrogens is 2. The first kappa shape index (κ1) is 7.98. The molecule has 0 atom stereocenters. The number of hydrogen-bond donors (Lipinski definition) is 1. The first-order chi connectivity index (χ1) is 6.31. The lowest BCUT2D eigenvalue weighted by atomic mass is 10.1. The van der Waals surface area contributed by atoms with Crippen molar-refractivity contribution in [2.45, 2.75) is 13.3 Å². The van der Waals surface area contributed by atoms with Crippen LogP contribution >= 0.6 is 0 Å². The monoisotopic (exact) mass is 174 g/mol. The Kier molecular flexibility index (Phi) is 1.85. The van der Waals surface area contributed by atoms with E-state index in [1.54, 1.807) is 18.5 Å². The van der Waals surface area contributed by atoms with Gasteiger partial charge < -0.3 is 5.11 Å². The van der Waals surface area contributed by atoms with Crippen LogP contribution in [0.4, 0.5) is 0 Å². The average Bonchev–Trinajstić information content (AvgIpc) is 2.17. The quantitative estimate of drug-likeness (QED) is 0.718. The van der Waals surface area contributed by atoms with Gasteiger partial charge in [0.2, 0.25) is 0 Å². The van der Waals surface area contributed by atoms with E-state index in [0.29, 0.717) is 5.75 Å². The molecule has 1 aromatic carbocycles. The van der Waals surface area contributed by atoms with E-state index < -0.39 is 0 Å². The minimum absolute atomic E-state index is 0.336. The molecule has 13 heavy (non-hydrogen) atoms. The molecule has 1 heterocycles. The van der Waals surface area contributed by atoms with E-state index >= 15 is 0 Å². The molecule has 2 aromatic rings. The van der Waals surface area contributed by atoms with Crippen molar-refractivity contribution < 1.29 is 5.11 Å². The van der Waals surface area contributed by atoms with E-state index in [4.69, 9.17) is 0 Å². The van der Waals surface area contributed by atoms with E-state index in [0.717, 1.165) is 22.8 Å². The Morgan fingerprint density at radius 3 is 2.38 bits per heavy atom. The highest BCUT2D eigenvalue weighted by Gasteiger charge is 2.01. The molecule has 0 unspecified atom stereocenters. The van der Waals surface area contributed by atoms with Gasteiger partial charge in [-0.1, -0.05) is 6.92 Å². The largest absolute Gasteiger partial charge is 0.508 e. The van der Waals surface area contributed by atoms with Crippen LogP contribution in [0.15, 0.2) is 24.5 Å². The van der Waals surface area contributed by atoms with Crippen LogP contribution < -0.4 is 0 Å². The molecule has 66 valence electrons. The molecule has 0 bridgehead atoms. The van der Waals surface area contributed by atoms with Gasteiger partial charge >= 0.3 is 0 Å². The SMILES string of the molecule is CCc1cc2cnncc2cc1O. The molecule has 1 N–H and O–H groups in total. The first-order valence-corrected chi connectivity index (χ1v) is 4.23. The average molecular weight is 174 g/mol. The second kappa shape index (κ2) is 3.01. The normalized spacial score (nSPS) is 10.5. The van der Waals surface area contributed by atoms with Crippen molar-refractivity contribution in [3.8, 4) is 5.75 Å². The summed E-state index contributed by atoms with van der Waals surface area (Å²) in [4.78, 5) is 0. The minimum Gasteiger partial charge on any atom is -0.508 e. The molecule has 0 saturated carbocycles. The second-order valence-corrected chi connectivity index (χ2v) is 2.95. The van der Waals surface area contributed by atoms with Gasteiger partial charge in [0, 0.05) is 10.8 Å². The predicted octanol–water partition coefficient (Wildman–Crippen LogP) is 1.90. The Morgan fingerprint density at radius 2 is 1.77 bits per heavy atom. The van der Waals surface area contributed by atoms with Crippen molar-refractivity contribution >= 4 is 10.8 Å². The topological polar surface area (TPSA) is 46.0 Å². The van der Waals surface area contributed by atoms with Gasteiger partial charge in [0.15, 0.2) is 0 Å². The van der Waals surface area contributed by atoms with Crippen molar-refractivity contribution in [2.24, 2.45) is 0 Å². The van der Waals surface area contributed by atoms with Crippen molar-refractivity contribution in [3.05, 3.63) is 30.1 Å². The summed E-state index contributed by atoms with van der Waals surface area (Å²) in [5.74, 6) is 0.336. The number of hydrogen-bond acceptors (Lipinski definition) is 3. The van der Waals surface area contributed by atoms with Gasteiger partial charge in [-0.15, -0.1) is 0 Å². The number of rotatable bonds is 1. The highest BCUT2D eigenvalue weighted by molar-refractivity contribution is 5.83. The molecule has 3 heteroatoms. The lowest BCUT2D eigenvalue weighted by molar-refractivity contribution is 0.470. The lowest BCUT2D eigenvalue weighted by Gasteiger charge is -2.02. The summed E-state index contributed by atoms with van der Waals surface area (Å²) in [6, 6.07) is 3.67. The van der Waals surface area contributed by atoms with E-state index in [2.05, 4.69) is 10.2 Å². The summed E-state index contributed by atoms with van der Waals surface area (Å²) in [5.41, 5.74) is 0.945. The molecule has 0 aliphatic heterocycles. The fourth-order valence-electron chi connectivity index (χ4n) is 1.37. The molecular formula is C10H10N2O. The summed E-state index contributed by atoms with van der Waals surface area (Å²) < 4.78 is 0. The van der Waals surface area contributed by atoms with Crippen LogP contribution in [0.5, 0.6) is 5.75 Å². The third-order valence-electron chi connectivity index (χ3n) is 2.13. The van der Waals surface area contributed by atoms with Gasteiger partial charge in [-0.25, -0.2) is 0 Å². The van der Waals surface area contributed by atoms with E-state index in [-0.39, 0.29) is 0 Å². The molecule has 2 rings (SSSR count). The van der Waals surface area contributed by atoms with Crippen LogP contribution in [0.25, 0.3) is 10.8 Å². The van der Waals surface area contributed by atoms with Gasteiger partial charge in [0.25, 0.3) is 0 Å². The lowest BCUT2D eigenvalue weighted by Crippen LogP contribution is -1.85. The van der Waals surface area contributed by atoms with E-state index in [1.807, 2.05) is 13.0 Å². The fourth-order valence-corrected chi connectivity index (χ4v) is 1.37. The van der Waals surface area contributed by atoms with Gasteiger partial charge in [0.05, 0.1) is 12.4 Å². The molecule has 0 fully saturated rings. The van der Waals surface area contributed by atoms with Crippen LogP contribution in [0.2, 0.25) is 0 Å². The zero-order chi connectivity index (χ0) is 9.26. The van der Waals surface area contributed by atoms with Crippen LogP contribution in [-0.2, 0) is 6.42 Å². The summed E-state index contributed by atoms with van der Waals surface area (Å²) in [6.45, 7) is 2.01. The second-order valence-electron chi connectivity index (χ2n) is 2.95. The zero-order valence-electron chi connectivity index (χ0n) is 7.36. The van der Waals surface area contributed by atoms with Crippen LogP contribution in [0.1, 0.15) is 12.5 Å². The number of benzene rings is 1.